The van der Waals surface area contributed by atoms with Crippen molar-refractivity contribution in [3.63, 3.8) is 0 Å². The summed E-state index contributed by atoms with van der Waals surface area (Å²) in [7, 11) is 0. The number of carbonyl (C=O) groups is 2. The largest absolute Gasteiger partial charge is 0.489 e. The standard InChI is InChI=1S/C22H19NO4S/c1-14-4-2-3-5-15(14)13-27-16-6-8-17(9-7-16)28-19-10-11-26-21(19)18-12-20(24)23-22(18)25/h2-11,18H,12-13H2,1H3,(H,23,24,25). The maximum absolute atomic E-state index is 11.9. The van der Waals surface area contributed by atoms with E-state index in [-0.39, 0.29) is 18.2 Å². The van der Waals surface area contributed by atoms with E-state index in [0.717, 1.165) is 21.1 Å². The van der Waals surface area contributed by atoms with Gasteiger partial charge in [-0.3, -0.25) is 14.9 Å². The van der Waals surface area contributed by atoms with Crippen molar-refractivity contribution in [2.24, 2.45) is 0 Å². The van der Waals surface area contributed by atoms with Crippen LogP contribution in [0.2, 0.25) is 0 Å². The number of hydrogen-bond acceptors (Lipinski definition) is 5. The summed E-state index contributed by atoms with van der Waals surface area (Å²) in [5, 5.41) is 2.32. The third kappa shape index (κ3) is 3.97. The number of benzene rings is 2. The average Bonchev–Trinajstić information content (AvgIpc) is 3.27. The van der Waals surface area contributed by atoms with Crippen molar-refractivity contribution < 1.29 is 18.7 Å². The van der Waals surface area contributed by atoms with Crippen molar-refractivity contribution >= 4 is 23.6 Å². The predicted molar refractivity (Wildman–Crippen MR) is 105 cm³/mol. The van der Waals surface area contributed by atoms with Gasteiger partial charge in [0.1, 0.15) is 24.0 Å². The zero-order valence-electron chi connectivity index (χ0n) is 15.3. The van der Waals surface area contributed by atoms with Crippen molar-refractivity contribution in [1.29, 1.82) is 0 Å². The first-order valence-corrected chi connectivity index (χ1v) is 9.78. The number of nitrogens with one attached hydrogen (secondary N) is 1. The van der Waals surface area contributed by atoms with Crippen LogP contribution in [-0.2, 0) is 16.2 Å². The number of furan rings is 1. The number of carbonyl (C=O) groups excluding carboxylic acids is 2. The highest BCUT2D eigenvalue weighted by atomic mass is 32.2. The lowest BCUT2D eigenvalue weighted by Gasteiger charge is -2.10. The molecule has 0 spiro atoms. The van der Waals surface area contributed by atoms with Crippen LogP contribution in [-0.4, -0.2) is 11.8 Å². The van der Waals surface area contributed by atoms with Gasteiger partial charge in [0.15, 0.2) is 0 Å². The Balaban J connectivity index is 1.42. The minimum absolute atomic E-state index is 0.131. The minimum atomic E-state index is -0.554. The first-order valence-electron chi connectivity index (χ1n) is 8.96. The van der Waals surface area contributed by atoms with E-state index in [0.29, 0.717) is 12.4 Å². The molecule has 1 aliphatic heterocycles. The van der Waals surface area contributed by atoms with Crippen molar-refractivity contribution in [1.82, 2.24) is 5.32 Å². The van der Waals surface area contributed by atoms with Gasteiger partial charge >= 0.3 is 0 Å². The lowest BCUT2D eigenvalue weighted by atomic mass is 10.1. The van der Waals surface area contributed by atoms with Gasteiger partial charge < -0.3 is 9.15 Å². The summed E-state index contributed by atoms with van der Waals surface area (Å²) in [6, 6.07) is 17.7. The summed E-state index contributed by atoms with van der Waals surface area (Å²) >= 11 is 1.50. The van der Waals surface area contributed by atoms with E-state index in [9.17, 15) is 9.59 Å². The number of ether oxygens (including phenoxy) is 1. The second-order valence-electron chi connectivity index (χ2n) is 6.61. The van der Waals surface area contributed by atoms with Crippen LogP contribution in [0.5, 0.6) is 5.75 Å². The van der Waals surface area contributed by atoms with Crippen molar-refractivity contribution in [2.75, 3.05) is 0 Å². The van der Waals surface area contributed by atoms with E-state index in [1.807, 2.05) is 42.5 Å². The van der Waals surface area contributed by atoms with Crippen LogP contribution >= 0.6 is 11.8 Å². The summed E-state index contributed by atoms with van der Waals surface area (Å²) in [4.78, 5) is 25.2. The zero-order chi connectivity index (χ0) is 19.5. The van der Waals surface area contributed by atoms with Gasteiger partial charge in [0.2, 0.25) is 11.8 Å². The second-order valence-corrected chi connectivity index (χ2v) is 7.72. The number of rotatable bonds is 6. The van der Waals surface area contributed by atoms with Crippen LogP contribution in [0.1, 0.15) is 29.2 Å². The molecule has 3 aromatic rings. The molecule has 0 bridgehead atoms. The monoisotopic (exact) mass is 393 g/mol. The topological polar surface area (TPSA) is 68.5 Å². The Morgan fingerprint density at radius 1 is 1.11 bits per heavy atom. The molecular formula is C22H19NO4S. The smallest absolute Gasteiger partial charge is 0.237 e. The number of hydrogen-bond donors (Lipinski definition) is 1. The molecular weight excluding hydrogens is 374 g/mol. The van der Waals surface area contributed by atoms with Gasteiger partial charge in [-0.25, -0.2) is 0 Å². The third-order valence-electron chi connectivity index (χ3n) is 4.65. The molecule has 1 aromatic heterocycles. The third-order valence-corrected chi connectivity index (χ3v) is 5.71. The molecule has 6 heteroatoms. The Morgan fingerprint density at radius 3 is 2.61 bits per heavy atom. The highest BCUT2D eigenvalue weighted by Crippen LogP contribution is 2.38. The molecule has 2 aromatic carbocycles. The van der Waals surface area contributed by atoms with Gasteiger partial charge in [0.25, 0.3) is 0 Å². The Labute approximate surface area is 167 Å². The van der Waals surface area contributed by atoms with Crippen LogP contribution in [0.15, 0.2) is 75.1 Å². The Bertz CT molecular complexity index is 1010. The molecule has 0 saturated carbocycles. The van der Waals surface area contributed by atoms with Crippen molar-refractivity contribution in [2.45, 2.75) is 35.7 Å². The fourth-order valence-corrected chi connectivity index (χ4v) is 4.02. The Kier molecular flexibility index (Phi) is 5.21. The molecule has 5 nitrogen and oxygen atoms in total. The van der Waals surface area contributed by atoms with E-state index < -0.39 is 5.92 Å². The molecule has 4 rings (SSSR count). The normalized spacial score (nSPS) is 16.2. The maximum Gasteiger partial charge on any atom is 0.237 e. The highest BCUT2D eigenvalue weighted by Gasteiger charge is 2.35. The van der Waals surface area contributed by atoms with Gasteiger partial charge in [-0.2, -0.15) is 0 Å². The van der Waals surface area contributed by atoms with Crippen LogP contribution in [0.25, 0.3) is 0 Å². The molecule has 1 fully saturated rings. The summed E-state index contributed by atoms with van der Waals surface area (Å²) in [5.74, 6) is 0.204. The SMILES string of the molecule is Cc1ccccc1COc1ccc(Sc2ccoc2C2CC(=O)NC2=O)cc1. The fraction of sp³-hybridized carbons (Fsp3) is 0.182. The number of imide groups is 1. The number of amides is 2. The van der Waals surface area contributed by atoms with E-state index in [1.165, 1.54) is 17.3 Å². The lowest BCUT2D eigenvalue weighted by molar-refractivity contribution is -0.125. The molecule has 2 heterocycles. The molecule has 2 amide bonds. The first kappa shape index (κ1) is 18.4. The molecule has 1 atom stereocenters. The van der Waals surface area contributed by atoms with E-state index in [2.05, 4.69) is 24.4 Å². The average molecular weight is 393 g/mol. The van der Waals surface area contributed by atoms with Gasteiger partial charge in [0.05, 0.1) is 11.2 Å². The van der Waals surface area contributed by atoms with Crippen LogP contribution < -0.4 is 10.1 Å². The quantitative estimate of drug-likeness (QED) is 0.627. The van der Waals surface area contributed by atoms with Gasteiger partial charge in [-0.1, -0.05) is 36.0 Å². The first-order chi connectivity index (χ1) is 13.6. The number of aryl methyl sites for hydroxylation is 1. The predicted octanol–water partition coefficient (Wildman–Crippen LogP) is 4.45. The van der Waals surface area contributed by atoms with Crippen LogP contribution in [0, 0.1) is 6.92 Å². The Morgan fingerprint density at radius 2 is 1.89 bits per heavy atom. The zero-order valence-corrected chi connectivity index (χ0v) is 16.1. The van der Waals surface area contributed by atoms with E-state index in [1.54, 1.807) is 6.26 Å². The molecule has 142 valence electrons. The fourth-order valence-electron chi connectivity index (χ4n) is 3.08. The second kappa shape index (κ2) is 7.94. The van der Waals surface area contributed by atoms with Crippen molar-refractivity contribution in [3.8, 4) is 5.75 Å². The highest BCUT2D eigenvalue weighted by molar-refractivity contribution is 7.99. The molecule has 0 aliphatic carbocycles. The molecule has 1 N–H and O–H groups in total. The summed E-state index contributed by atoms with van der Waals surface area (Å²) in [5.41, 5.74) is 2.37. The van der Waals surface area contributed by atoms with Crippen molar-refractivity contribution in [3.05, 3.63) is 77.7 Å². The molecule has 0 radical (unpaired) electrons. The lowest BCUT2D eigenvalue weighted by Crippen LogP contribution is -2.21. The Hall–Kier alpha value is -2.99. The summed E-state index contributed by atoms with van der Waals surface area (Å²) < 4.78 is 11.4. The van der Waals surface area contributed by atoms with Crippen LogP contribution in [0.4, 0.5) is 0 Å². The van der Waals surface area contributed by atoms with Gasteiger partial charge in [-0.05, 0) is 48.4 Å². The van der Waals surface area contributed by atoms with E-state index in [4.69, 9.17) is 9.15 Å². The summed E-state index contributed by atoms with van der Waals surface area (Å²) in [6.07, 6.45) is 1.68. The molecule has 28 heavy (non-hydrogen) atoms. The molecule has 1 unspecified atom stereocenters. The maximum atomic E-state index is 11.9. The summed E-state index contributed by atoms with van der Waals surface area (Å²) in [6.45, 7) is 2.59. The molecule has 1 aliphatic rings. The van der Waals surface area contributed by atoms with Gasteiger partial charge in [-0.15, -0.1) is 0 Å². The molecule has 1 saturated heterocycles. The van der Waals surface area contributed by atoms with Crippen LogP contribution in [0.3, 0.4) is 0 Å². The minimum Gasteiger partial charge on any atom is -0.489 e. The van der Waals surface area contributed by atoms with Gasteiger partial charge in [0, 0.05) is 11.3 Å². The van der Waals surface area contributed by atoms with E-state index >= 15 is 0 Å².